The van der Waals surface area contributed by atoms with E-state index in [4.69, 9.17) is 0 Å². The number of hydrogen-bond donors (Lipinski definition) is 1. The number of nitrogens with one attached hydrogen (secondary N) is 1. The van der Waals surface area contributed by atoms with Crippen LogP contribution in [0.4, 0.5) is 0 Å². The Balaban J connectivity index is 2.26. The molecule has 1 N–H and O–H groups in total. The van der Waals surface area contributed by atoms with Gasteiger partial charge in [-0.3, -0.25) is 0 Å². The van der Waals surface area contributed by atoms with Gasteiger partial charge in [0.1, 0.15) is 0 Å². The zero-order valence-electron chi connectivity index (χ0n) is 9.22. The molecular formula is C13H18BrN. The van der Waals surface area contributed by atoms with Crippen molar-refractivity contribution in [1.82, 2.24) is 5.32 Å². The molecule has 0 spiro atoms. The molecule has 1 atom stereocenters. The Hall–Kier alpha value is -0.340. The van der Waals surface area contributed by atoms with Crippen molar-refractivity contribution >= 4 is 15.9 Å². The van der Waals surface area contributed by atoms with E-state index in [1.165, 1.54) is 35.7 Å². The van der Waals surface area contributed by atoms with E-state index < -0.39 is 0 Å². The topological polar surface area (TPSA) is 12.0 Å². The van der Waals surface area contributed by atoms with Gasteiger partial charge in [0, 0.05) is 10.0 Å². The zero-order chi connectivity index (χ0) is 10.7. The molecule has 1 aromatic carbocycles. The molecule has 15 heavy (non-hydrogen) atoms. The highest BCUT2D eigenvalue weighted by Gasteiger charge is 2.26. The molecule has 0 aliphatic carbocycles. The van der Waals surface area contributed by atoms with Crippen molar-refractivity contribution in [2.75, 3.05) is 6.54 Å². The average molecular weight is 268 g/mol. The minimum absolute atomic E-state index is 0.167. The van der Waals surface area contributed by atoms with E-state index in [-0.39, 0.29) is 5.54 Å². The molecule has 0 amide bonds. The number of rotatable bonds is 1. The fourth-order valence-electron chi connectivity index (χ4n) is 2.31. The highest BCUT2D eigenvalue weighted by molar-refractivity contribution is 9.10. The molecule has 0 aromatic heterocycles. The summed E-state index contributed by atoms with van der Waals surface area (Å²) >= 11 is 3.54. The first-order valence-electron chi connectivity index (χ1n) is 5.72. The van der Waals surface area contributed by atoms with Crippen molar-refractivity contribution in [3.05, 3.63) is 34.3 Å². The Morgan fingerprint density at radius 3 is 2.93 bits per heavy atom. The van der Waals surface area contributed by atoms with Crippen molar-refractivity contribution in [1.29, 1.82) is 0 Å². The van der Waals surface area contributed by atoms with Crippen molar-refractivity contribution in [3.8, 4) is 0 Å². The summed E-state index contributed by atoms with van der Waals surface area (Å²) < 4.78 is 1.17. The second kappa shape index (κ2) is 4.67. The molecule has 1 aromatic rings. The smallest absolute Gasteiger partial charge is 0.0406 e. The summed E-state index contributed by atoms with van der Waals surface area (Å²) in [4.78, 5) is 0. The zero-order valence-corrected chi connectivity index (χ0v) is 10.8. The standard InChI is InChI=1S/C13H18BrN/c1-13(8-3-2-4-9-15-13)11-6-5-7-12(14)10-11/h5-7,10,15H,2-4,8-9H2,1H3. The minimum Gasteiger partial charge on any atom is -0.308 e. The predicted octanol–water partition coefficient (Wildman–Crippen LogP) is 3.83. The Kier molecular flexibility index (Phi) is 3.47. The van der Waals surface area contributed by atoms with Crippen LogP contribution in [-0.4, -0.2) is 6.54 Å². The maximum Gasteiger partial charge on any atom is 0.0406 e. The Morgan fingerprint density at radius 1 is 1.27 bits per heavy atom. The summed E-state index contributed by atoms with van der Waals surface area (Å²) in [6, 6.07) is 8.67. The van der Waals surface area contributed by atoms with Crippen molar-refractivity contribution in [3.63, 3.8) is 0 Å². The maximum absolute atomic E-state index is 3.68. The van der Waals surface area contributed by atoms with E-state index in [0.29, 0.717) is 0 Å². The van der Waals surface area contributed by atoms with Gasteiger partial charge >= 0.3 is 0 Å². The maximum atomic E-state index is 3.68. The molecule has 2 rings (SSSR count). The minimum atomic E-state index is 0.167. The van der Waals surface area contributed by atoms with E-state index in [9.17, 15) is 0 Å². The summed E-state index contributed by atoms with van der Waals surface area (Å²) in [6.45, 7) is 3.46. The van der Waals surface area contributed by atoms with Crippen LogP contribution in [0.25, 0.3) is 0 Å². The van der Waals surface area contributed by atoms with E-state index in [1.54, 1.807) is 0 Å². The lowest BCUT2D eigenvalue weighted by atomic mass is 9.88. The van der Waals surface area contributed by atoms with Crippen molar-refractivity contribution in [2.24, 2.45) is 0 Å². The van der Waals surface area contributed by atoms with Gasteiger partial charge in [0.2, 0.25) is 0 Å². The van der Waals surface area contributed by atoms with Gasteiger partial charge in [-0.25, -0.2) is 0 Å². The van der Waals surface area contributed by atoms with Crippen LogP contribution < -0.4 is 5.32 Å². The molecule has 1 nitrogen and oxygen atoms in total. The lowest BCUT2D eigenvalue weighted by Gasteiger charge is -2.30. The van der Waals surface area contributed by atoms with Crippen LogP contribution in [0.5, 0.6) is 0 Å². The average Bonchev–Trinajstić information content (AvgIpc) is 2.44. The van der Waals surface area contributed by atoms with E-state index in [2.05, 4.69) is 52.4 Å². The van der Waals surface area contributed by atoms with Gasteiger partial charge in [-0.15, -0.1) is 0 Å². The third-order valence-electron chi connectivity index (χ3n) is 3.33. The Bertz CT molecular complexity index is 327. The molecule has 0 saturated carbocycles. The first-order valence-corrected chi connectivity index (χ1v) is 6.51. The molecule has 0 bridgehead atoms. The number of benzene rings is 1. The van der Waals surface area contributed by atoms with E-state index in [1.807, 2.05) is 0 Å². The van der Waals surface area contributed by atoms with Crippen molar-refractivity contribution < 1.29 is 0 Å². The van der Waals surface area contributed by atoms with Crippen LogP contribution in [0.15, 0.2) is 28.7 Å². The molecule has 1 heterocycles. The third-order valence-corrected chi connectivity index (χ3v) is 3.82. The molecule has 1 saturated heterocycles. The molecule has 1 unspecified atom stereocenters. The summed E-state index contributed by atoms with van der Waals surface area (Å²) in [6.07, 6.45) is 5.24. The monoisotopic (exact) mass is 267 g/mol. The van der Waals surface area contributed by atoms with Gasteiger partial charge in [-0.05, 0) is 44.0 Å². The third kappa shape index (κ3) is 2.61. The van der Waals surface area contributed by atoms with Crippen LogP contribution in [0.1, 0.15) is 38.2 Å². The van der Waals surface area contributed by atoms with Crippen LogP contribution in [0, 0.1) is 0 Å². The predicted molar refractivity (Wildman–Crippen MR) is 68.0 cm³/mol. The van der Waals surface area contributed by atoms with Crippen LogP contribution in [-0.2, 0) is 5.54 Å². The normalized spacial score (nSPS) is 27.3. The first kappa shape index (κ1) is 11.2. The van der Waals surface area contributed by atoms with Crippen LogP contribution in [0.2, 0.25) is 0 Å². The van der Waals surface area contributed by atoms with Crippen LogP contribution in [0.3, 0.4) is 0 Å². The van der Waals surface area contributed by atoms with Gasteiger partial charge in [0.05, 0.1) is 0 Å². The lowest BCUT2D eigenvalue weighted by Crippen LogP contribution is -2.38. The number of halogens is 1. The van der Waals surface area contributed by atoms with Gasteiger partial charge in [-0.2, -0.15) is 0 Å². The summed E-state index contributed by atoms with van der Waals surface area (Å²) in [5.41, 5.74) is 1.57. The highest BCUT2D eigenvalue weighted by atomic mass is 79.9. The summed E-state index contributed by atoms with van der Waals surface area (Å²) in [5.74, 6) is 0. The Morgan fingerprint density at radius 2 is 2.13 bits per heavy atom. The molecule has 2 heteroatoms. The number of hydrogen-bond acceptors (Lipinski definition) is 1. The largest absolute Gasteiger partial charge is 0.308 e. The van der Waals surface area contributed by atoms with Gasteiger partial charge in [-0.1, -0.05) is 40.9 Å². The summed E-state index contributed by atoms with van der Waals surface area (Å²) in [7, 11) is 0. The molecular weight excluding hydrogens is 250 g/mol. The molecule has 1 aliphatic rings. The fourth-order valence-corrected chi connectivity index (χ4v) is 2.71. The quantitative estimate of drug-likeness (QED) is 0.816. The van der Waals surface area contributed by atoms with Gasteiger partial charge in [0.15, 0.2) is 0 Å². The second-order valence-corrected chi connectivity index (χ2v) is 5.50. The van der Waals surface area contributed by atoms with Gasteiger partial charge in [0.25, 0.3) is 0 Å². The molecule has 1 aliphatic heterocycles. The second-order valence-electron chi connectivity index (χ2n) is 4.58. The first-order chi connectivity index (χ1) is 7.21. The SMILES string of the molecule is CC1(c2cccc(Br)c2)CCCCCN1. The molecule has 82 valence electrons. The van der Waals surface area contributed by atoms with Gasteiger partial charge < -0.3 is 5.32 Å². The summed E-state index contributed by atoms with van der Waals surface area (Å²) in [5, 5.41) is 3.68. The van der Waals surface area contributed by atoms with Crippen LogP contribution >= 0.6 is 15.9 Å². The fraction of sp³-hybridized carbons (Fsp3) is 0.538. The highest BCUT2D eigenvalue weighted by Crippen LogP contribution is 2.30. The lowest BCUT2D eigenvalue weighted by molar-refractivity contribution is 0.359. The Labute approximate surface area is 100 Å². The molecule has 1 fully saturated rings. The van der Waals surface area contributed by atoms with E-state index in [0.717, 1.165) is 6.54 Å². The van der Waals surface area contributed by atoms with Crippen molar-refractivity contribution in [2.45, 2.75) is 38.1 Å². The molecule has 0 radical (unpaired) electrons. The van der Waals surface area contributed by atoms with E-state index >= 15 is 0 Å².